The summed E-state index contributed by atoms with van der Waals surface area (Å²) in [5.41, 5.74) is 0.825. The molecule has 0 fully saturated rings. The van der Waals surface area contributed by atoms with Gasteiger partial charge in [0.25, 0.3) is 0 Å². The van der Waals surface area contributed by atoms with Crippen LogP contribution in [0.3, 0.4) is 0 Å². The Balaban J connectivity index is 1.61. The second-order valence-corrected chi connectivity index (χ2v) is 10.0. The highest BCUT2D eigenvalue weighted by atomic mass is 32.1. The van der Waals surface area contributed by atoms with E-state index in [0.29, 0.717) is 12.9 Å². The van der Waals surface area contributed by atoms with Gasteiger partial charge < -0.3 is 15.4 Å². The number of rotatable bonds is 8. The maximum Gasteiger partial charge on any atom is 0.407 e. The lowest BCUT2D eigenvalue weighted by Crippen LogP contribution is -2.34. The standard InChI is InChI=1S/C24H28FN5O4S/c1-16(31)28-19-7-5-18(6-8-19)21-10-9-20(35-21)14-29-15-27-30(23(29)33)13-17(11-25)12-26-22(32)34-24(2,3)4/h5-11,15H,12-14H2,1-4H3,(H,26,32)(H,28,31). The monoisotopic (exact) mass is 501 g/mol. The fourth-order valence-electron chi connectivity index (χ4n) is 3.12. The van der Waals surface area contributed by atoms with Crippen molar-refractivity contribution in [3.8, 4) is 10.4 Å². The number of alkyl carbamates (subject to hydrolysis) is 1. The van der Waals surface area contributed by atoms with Gasteiger partial charge in [-0.3, -0.25) is 9.36 Å². The average molecular weight is 502 g/mol. The van der Waals surface area contributed by atoms with Crippen molar-refractivity contribution in [1.82, 2.24) is 19.7 Å². The molecule has 0 saturated carbocycles. The Kier molecular flexibility index (Phi) is 8.23. The molecule has 0 atom stereocenters. The molecule has 0 radical (unpaired) electrons. The molecule has 0 aliphatic rings. The molecule has 3 rings (SSSR count). The van der Waals surface area contributed by atoms with Crippen LogP contribution in [0.5, 0.6) is 0 Å². The highest BCUT2D eigenvalue weighted by Gasteiger charge is 2.17. The van der Waals surface area contributed by atoms with Crippen molar-refractivity contribution in [1.29, 1.82) is 0 Å². The van der Waals surface area contributed by atoms with Crippen LogP contribution in [0.15, 0.2) is 59.4 Å². The number of benzene rings is 1. The van der Waals surface area contributed by atoms with Crippen molar-refractivity contribution in [2.24, 2.45) is 0 Å². The summed E-state index contributed by atoms with van der Waals surface area (Å²) in [5.74, 6) is -0.129. The van der Waals surface area contributed by atoms with Crippen molar-refractivity contribution in [2.75, 3.05) is 11.9 Å². The predicted molar refractivity (Wildman–Crippen MR) is 133 cm³/mol. The molecule has 0 unspecified atom stereocenters. The number of nitrogens with zero attached hydrogens (tertiary/aromatic N) is 3. The highest BCUT2D eigenvalue weighted by Crippen LogP contribution is 2.29. The first kappa shape index (κ1) is 25.9. The quantitative estimate of drug-likeness (QED) is 0.482. The van der Waals surface area contributed by atoms with E-state index in [2.05, 4.69) is 15.7 Å². The number of halogens is 1. The molecule has 3 aromatic rings. The molecule has 186 valence electrons. The van der Waals surface area contributed by atoms with Gasteiger partial charge in [0.05, 0.1) is 19.4 Å². The summed E-state index contributed by atoms with van der Waals surface area (Å²) in [6.07, 6.45) is 1.08. The zero-order valence-corrected chi connectivity index (χ0v) is 20.8. The summed E-state index contributed by atoms with van der Waals surface area (Å²) in [4.78, 5) is 37.6. The van der Waals surface area contributed by atoms with Gasteiger partial charge >= 0.3 is 11.8 Å². The smallest absolute Gasteiger partial charge is 0.407 e. The second kappa shape index (κ2) is 11.1. The van der Waals surface area contributed by atoms with Crippen LogP contribution in [0.1, 0.15) is 32.6 Å². The first-order valence-electron chi connectivity index (χ1n) is 10.9. The summed E-state index contributed by atoms with van der Waals surface area (Å²) in [6, 6.07) is 11.4. The summed E-state index contributed by atoms with van der Waals surface area (Å²) in [6.45, 7) is 6.74. The number of ether oxygens (including phenoxy) is 1. The molecule has 2 aromatic heterocycles. The van der Waals surface area contributed by atoms with Gasteiger partial charge in [0, 0.05) is 28.9 Å². The van der Waals surface area contributed by atoms with Crippen LogP contribution in [0.25, 0.3) is 10.4 Å². The van der Waals surface area contributed by atoms with Crippen LogP contribution < -0.4 is 16.3 Å². The Bertz CT molecular complexity index is 1270. The van der Waals surface area contributed by atoms with E-state index in [-0.39, 0.29) is 24.6 Å². The zero-order valence-electron chi connectivity index (χ0n) is 20.0. The van der Waals surface area contributed by atoms with Gasteiger partial charge in [-0.2, -0.15) is 5.10 Å². The molecule has 35 heavy (non-hydrogen) atoms. The number of thiophene rings is 1. The lowest BCUT2D eigenvalue weighted by Gasteiger charge is -2.19. The Morgan fingerprint density at radius 3 is 2.51 bits per heavy atom. The molecule has 9 nitrogen and oxygen atoms in total. The maximum atomic E-state index is 13.3. The van der Waals surface area contributed by atoms with Gasteiger partial charge in [-0.05, 0) is 56.2 Å². The van der Waals surface area contributed by atoms with Gasteiger partial charge in [0.15, 0.2) is 0 Å². The molecule has 2 amide bonds. The second-order valence-electron chi connectivity index (χ2n) is 8.85. The largest absolute Gasteiger partial charge is 0.444 e. The normalized spacial score (nSPS) is 11.9. The van der Waals surface area contributed by atoms with Gasteiger partial charge in [-0.1, -0.05) is 12.1 Å². The molecule has 0 aliphatic carbocycles. The molecular weight excluding hydrogens is 473 g/mol. The number of carbonyl (C=O) groups excluding carboxylic acids is 2. The van der Waals surface area contributed by atoms with Crippen molar-refractivity contribution in [3.05, 3.63) is 70.0 Å². The van der Waals surface area contributed by atoms with Crippen molar-refractivity contribution in [3.63, 3.8) is 0 Å². The van der Waals surface area contributed by atoms with Gasteiger partial charge in [0.1, 0.15) is 11.9 Å². The molecule has 0 aliphatic heterocycles. The fourth-order valence-corrected chi connectivity index (χ4v) is 4.13. The van der Waals surface area contributed by atoms with Crippen molar-refractivity contribution in [2.45, 2.75) is 46.4 Å². The maximum absolute atomic E-state index is 13.3. The lowest BCUT2D eigenvalue weighted by molar-refractivity contribution is -0.114. The van der Waals surface area contributed by atoms with E-state index in [4.69, 9.17) is 4.74 Å². The number of nitrogens with one attached hydrogen (secondary N) is 2. The molecule has 0 saturated heterocycles. The molecule has 1 aromatic carbocycles. The number of anilines is 1. The summed E-state index contributed by atoms with van der Waals surface area (Å²) < 4.78 is 21.0. The third-order valence-electron chi connectivity index (χ3n) is 4.64. The van der Waals surface area contributed by atoms with Crippen molar-refractivity contribution < 1.29 is 18.7 Å². The third-order valence-corrected chi connectivity index (χ3v) is 5.76. The minimum Gasteiger partial charge on any atom is -0.444 e. The molecule has 0 spiro atoms. The van der Waals surface area contributed by atoms with Crippen LogP contribution in [-0.4, -0.2) is 38.5 Å². The van der Waals surface area contributed by atoms with Crippen LogP contribution in [0, 0.1) is 0 Å². The van der Waals surface area contributed by atoms with E-state index in [1.54, 1.807) is 20.8 Å². The van der Waals surface area contributed by atoms with Crippen LogP contribution >= 0.6 is 11.3 Å². The minimum absolute atomic E-state index is 0.103. The third kappa shape index (κ3) is 7.64. The highest BCUT2D eigenvalue weighted by molar-refractivity contribution is 7.15. The summed E-state index contributed by atoms with van der Waals surface area (Å²) >= 11 is 1.54. The van der Waals surface area contributed by atoms with Crippen molar-refractivity contribution >= 4 is 29.0 Å². The van der Waals surface area contributed by atoms with Crippen LogP contribution in [0.4, 0.5) is 14.9 Å². The average Bonchev–Trinajstić information content (AvgIpc) is 3.38. The zero-order chi connectivity index (χ0) is 25.6. The van der Waals surface area contributed by atoms with Crippen LogP contribution in [0.2, 0.25) is 0 Å². The van der Waals surface area contributed by atoms with Gasteiger partial charge in [-0.15, -0.1) is 11.3 Å². The predicted octanol–water partition coefficient (Wildman–Crippen LogP) is 4.16. The number of aromatic nitrogens is 3. The number of carbonyl (C=O) groups is 2. The fraction of sp³-hybridized carbons (Fsp3) is 0.333. The lowest BCUT2D eigenvalue weighted by atomic mass is 10.2. The molecule has 11 heteroatoms. The van der Waals surface area contributed by atoms with E-state index >= 15 is 0 Å². The van der Waals surface area contributed by atoms with E-state index < -0.39 is 17.4 Å². The molecule has 2 N–H and O–H groups in total. The van der Waals surface area contributed by atoms with Gasteiger partial charge in [-0.25, -0.2) is 18.7 Å². The number of hydrogen-bond acceptors (Lipinski definition) is 6. The van der Waals surface area contributed by atoms with Crippen LogP contribution in [-0.2, 0) is 22.6 Å². The Hall–Kier alpha value is -3.73. The minimum atomic E-state index is -0.673. The summed E-state index contributed by atoms with van der Waals surface area (Å²) in [7, 11) is 0. The molecule has 0 bridgehead atoms. The van der Waals surface area contributed by atoms with Gasteiger partial charge in [0.2, 0.25) is 5.91 Å². The molecule has 2 heterocycles. The number of amides is 2. The van der Waals surface area contributed by atoms with E-state index in [9.17, 15) is 18.8 Å². The van der Waals surface area contributed by atoms with E-state index in [0.717, 1.165) is 25.7 Å². The van der Waals surface area contributed by atoms with E-state index in [1.807, 2.05) is 36.4 Å². The van der Waals surface area contributed by atoms with E-state index in [1.165, 1.54) is 29.2 Å². The first-order valence-corrected chi connectivity index (χ1v) is 11.7. The summed E-state index contributed by atoms with van der Waals surface area (Å²) in [5, 5.41) is 9.27. The number of hydrogen-bond donors (Lipinski definition) is 2. The Morgan fingerprint density at radius 1 is 1.17 bits per heavy atom. The molecular formula is C24H28FN5O4S. The first-order chi connectivity index (χ1) is 16.5. The SMILES string of the molecule is CC(=O)Nc1ccc(-c2ccc(Cn3cnn(CC(=CF)CNC(=O)OC(C)(C)C)c3=O)s2)cc1. The Labute approximate surface area is 206 Å². The topological polar surface area (TPSA) is 107 Å². The Morgan fingerprint density at radius 2 is 1.89 bits per heavy atom.